The van der Waals surface area contributed by atoms with E-state index in [2.05, 4.69) is 22.6 Å². The molecule has 0 radical (unpaired) electrons. The third kappa shape index (κ3) is 1.63. The summed E-state index contributed by atoms with van der Waals surface area (Å²) < 4.78 is 0. The molecule has 1 spiro atoms. The molecule has 70 valence electrons. The molecule has 0 unspecified atom stereocenters. The van der Waals surface area contributed by atoms with Gasteiger partial charge in [0, 0.05) is 25.2 Å². The maximum atomic E-state index is 3.68. The minimum Gasteiger partial charge on any atom is -0.317 e. The summed E-state index contributed by atoms with van der Waals surface area (Å²) >= 11 is 0. The summed E-state index contributed by atoms with van der Waals surface area (Å²) in [6, 6.07) is 0. The first kappa shape index (κ1) is 8.48. The van der Waals surface area contributed by atoms with E-state index in [1.54, 1.807) is 0 Å². The molecule has 0 amide bonds. The molecule has 2 saturated heterocycles. The van der Waals surface area contributed by atoms with Gasteiger partial charge in [-0.2, -0.15) is 0 Å². The van der Waals surface area contributed by atoms with Crippen molar-refractivity contribution in [1.82, 2.24) is 15.5 Å². The molecule has 0 aromatic heterocycles. The van der Waals surface area contributed by atoms with Gasteiger partial charge in [0.25, 0.3) is 0 Å². The van der Waals surface area contributed by atoms with E-state index < -0.39 is 0 Å². The number of hydrogen-bond donors (Lipinski definition) is 2. The average Bonchev–Trinajstić information content (AvgIpc) is 2.05. The monoisotopic (exact) mass is 169 g/mol. The second-order valence-corrected chi connectivity index (χ2v) is 4.19. The molecule has 0 aromatic rings. The number of piperidine rings is 1. The molecule has 0 aromatic carbocycles. The van der Waals surface area contributed by atoms with E-state index in [4.69, 9.17) is 0 Å². The maximum Gasteiger partial charge on any atom is 0.0333 e. The van der Waals surface area contributed by atoms with Gasteiger partial charge in [-0.1, -0.05) is 0 Å². The summed E-state index contributed by atoms with van der Waals surface area (Å²) in [6.45, 7) is 5.96. The lowest BCUT2D eigenvalue weighted by atomic mass is 9.86. The molecule has 12 heavy (non-hydrogen) atoms. The lowest BCUT2D eigenvalue weighted by molar-refractivity contribution is 0.125. The SMILES string of the molecule is CN1CCNC2(CCNCC2)C1. The van der Waals surface area contributed by atoms with Crippen molar-refractivity contribution in [1.29, 1.82) is 0 Å². The van der Waals surface area contributed by atoms with E-state index in [-0.39, 0.29) is 0 Å². The second kappa shape index (κ2) is 3.32. The van der Waals surface area contributed by atoms with Gasteiger partial charge in [0.2, 0.25) is 0 Å². The standard InChI is InChI=1S/C9H19N3/c1-12-7-6-11-9(8-12)2-4-10-5-3-9/h10-11H,2-8H2,1H3. The Kier molecular flexibility index (Phi) is 2.35. The molecule has 2 aliphatic rings. The Bertz CT molecular complexity index is 146. The fourth-order valence-electron chi connectivity index (χ4n) is 2.40. The zero-order valence-electron chi connectivity index (χ0n) is 7.90. The highest BCUT2D eigenvalue weighted by Crippen LogP contribution is 2.21. The van der Waals surface area contributed by atoms with Gasteiger partial charge in [0.05, 0.1) is 0 Å². The Hall–Kier alpha value is -0.120. The molecule has 0 bridgehead atoms. The molecule has 3 nitrogen and oxygen atoms in total. The number of nitrogens with zero attached hydrogens (tertiary/aromatic N) is 1. The van der Waals surface area contributed by atoms with Gasteiger partial charge in [-0.3, -0.25) is 0 Å². The van der Waals surface area contributed by atoms with Crippen LogP contribution >= 0.6 is 0 Å². The third-order valence-electron chi connectivity index (χ3n) is 3.13. The fraction of sp³-hybridized carbons (Fsp3) is 1.00. The van der Waals surface area contributed by atoms with Crippen molar-refractivity contribution in [2.24, 2.45) is 0 Å². The normalized spacial score (nSPS) is 30.8. The predicted octanol–water partition coefficient (Wildman–Crippen LogP) is -0.356. The van der Waals surface area contributed by atoms with E-state index in [1.165, 1.54) is 39.0 Å². The van der Waals surface area contributed by atoms with E-state index in [1.807, 2.05) is 0 Å². The zero-order chi connectivity index (χ0) is 8.44. The molecule has 2 heterocycles. The smallest absolute Gasteiger partial charge is 0.0333 e. The van der Waals surface area contributed by atoms with Crippen LogP contribution in [0.1, 0.15) is 12.8 Å². The Morgan fingerprint density at radius 3 is 2.58 bits per heavy atom. The topological polar surface area (TPSA) is 27.3 Å². The van der Waals surface area contributed by atoms with Crippen LogP contribution in [0.4, 0.5) is 0 Å². The quantitative estimate of drug-likeness (QED) is 0.519. The van der Waals surface area contributed by atoms with Gasteiger partial charge < -0.3 is 15.5 Å². The molecule has 0 saturated carbocycles. The summed E-state index contributed by atoms with van der Waals surface area (Å²) in [6.07, 6.45) is 2.58. The first-order chi connectivity index (χ1) is 5.81. The highest BCUT2D eigenvalue weighted by molar-refractivity contribution is 4.97. The predicted molar refractivity (Wildman–Crippen MR) is 50.3 cm³/mol. The first-order valence-corrected chi connectivity index (χ1v) is 4.95. The molecule has 3 heteroatoms. The average molecular weight is 169 g/mol. The molecule has 0 atom stereocenters. The van der Waals surface area contributed by atoms with Crippen molar-refractivity contribution in [2.45, 2.75) is 18.4 Å². The van der Waals surface area contributed by atoms with Gasteiger partial charge in [-0.05, 0) is 33.0 Å². The lowest BCUT2D eigenvalue weighted by Crippen LogP contribution is -2.62. The van der Waals surface area contributed by atoms with Gasteiger partial charge in [-0.15, -0.1) is 0 Å². The van der Waals surface area contributed by atoms with Crippen molar-refractivity contribution in [3.05, 3.63) is 0 Å². The van der Waals surface area contributed by atoms with Crippen LogP contribution in [0.3, 0.4) is 0 Å². The highest BCUT2D eigenvalue weighted by Gasteiger charge is 2.34. The van der Waals surface area contributed by atoms with Crippen LogP contribution in [0.25, 0.3) is 0 Å². The highest BCUT2D eigenvalue weighted by atomic mass is 15.2. The summed E-state index contributed by atoms with van der Waals surface area (Å²) in [7, 11) is 2.23. The van der Waals surface area contributed by atoms with Crippen molar-refractivity contribution in [3.63, 3.8) is 0 Å². The summed E-state index contributed by atoms with van der Waals surface area (Å²) in [4.78, 5) is 2.45. The Morgan fingerprint density at radius 1 is 1.17 bits per heavy atom. The van der Waals surface area contributed by atoms with Crippen molar-refractivity contribution in [2.75, 3.05) is 39.8 Å². The summed E-state index contributed by atoms with van der Waals surface area (Å²) in [5.41, 5.74) is 0.443. The molecule has 2 N–H and O–H groups in total. The van der Waals surface area contributed by atoms with Crippen LogP contribution in [-0.4, -0.2) is 50.2 Å². The number of rotatable bonds is 0. The lowest BCUT2D eigenvalue weighted by Gasteiger charge is -2.45. The third-order valence-corrected chi connectivity index (χ3v) is 3.13. The number of hydrogen-bond acceptors (Lipinski definition) is 3. The van der Waals surface area contributed by atoms with E-state index in [0.717, 1.165) is 6.54 Å². The largest absolute Gasteiger partial charge is 0.317 e. The molecule has 2 aliphatic heterocycles. The minimum absolute atomic E-state index is 0.443. The molecular formula is C9H19N3. The number of likely N-dealkylation sites (N-methyl/N-ethyl adjacent to an activating group) is 1. The van der Waals surface area contributed by atoms with E-state index in [0.29, 0.717) is 5.54 Å². The van der Waals surface area contributed by atoms with Crippen LogP contribution in [0.2, 0.25) is 0 Å². The zero-order valence-corrected chi connectivity index (χ0v) is 7.90. The first-order valence-electron chi connectivity index (χ1n) is 4.95. The molecular weight excluding hydrogens is 150 g/mol. The van der Waals surface area contributed by atoms with Gasteiger partial charge in [0.15, 0.2) is 0 Å². The van der Waals surface area contributed by atoms with Crippen LogP contribution in [0.15, 0.2) is 0 Å². The Balaban J connectivity index is 1.97. The van der Waals surface area contributed by atoms with Crippen LogP contribution in [0.5, 0.6) is 0 Å². The molecule has 0 aliphatic carbocycles. The van der Waals surface area contributed by atoms with Gasteiger partial charge in [0.1, 0.15) is 0 Å². The van der Waals surface area contributed by atoms with Gasteiger partial charge in [-0.25, -0.2) is 0 Å². The van der Waals surface area contributed by atoms with Gasteiger partial charge >= 0.3 is 0 Å². The fourth-order valence-corrected chi connectivity index (χ4v) is 2.40. The Labute approximate surface area is 74.5 Å². The molecule has 2 fully saturated rings. The number of piperazine rings is 1. The minimum atomic E-state index is 0.443. The van der Waals surface area contributed by atoms with E-state index in [9.17, 15) is 0 Å². The van der Waals surface area contributed by atoms with Crippen LogP contribution in [0, 0.1) is 0 Å². The van der Waals surface area contributed by atoms with Crippen molar-refractivity contribution >= 4 is 0 Å². The van der Waals surface area contributed by atoms with Crippen molar-refractivity contribution < 1.29 is 0 Å². The second-order valence-electron chi connectivity index (χ2n) is 4.19. The van der Waals surface area contributed by atoms with Crippen LogP contribution < -0.4 is 10.6 Å². The summed E-state index contributed by atoms with van der Waals surface area (Å²) in [5, 5.41) is 7.10. The number of nitrogens with one attached hydrogen (secondary N) is 2. The van der Waals surface area contributed by atoms with Crippen LogP contribution in [-0.2, 0) is 0 Å². The summed E-state index contributed by atoms with van der Waals surface area (Å²) in [5.74, 6) is 0. The molecule has 2 rings (SSSR count). The Morgan fingerprint density at radius 2 is 1.92 bits per heavy atom. The maximum absolute atomic E-state index is 3.68. The van der Waals surface area contributed by atoms with E-state index >= 15 is 0 Å². The van der Waals surface area contributed by atoms with Crippen molar-refractivity contribution in [3.8, 4) is 0 Å².